The Hall–Kier alpha value is -1.23. The number of nitrogens with zero attached hydrogens (tertiary/aromatic N) is 1. The molecule has 0 bridgehead atoms. The van der Waals surface area contributed by atoms with E-state index in [2.05, 4.69) is 50.4 Å². The predicted molar refractivity (Wildman–Crippen MR) is 89.7 cm³/mol. The number of rotatable bonds is 7. The first-order valence-electron chi connectivity index (χ1n) is 7.40. The van der Waals surface area contributed by atoms with Crippen molar-refractivity contribution in [3.05, 3.63) is 40.2 Å². The van der Waals surface area contributed by atoms with Gasteiger partial charge in [-0.2, -0.15) is 0 Å². The molecule has 1 unspecified atom stereocenters. The van der Waals surface area contributed by atoms with Gasteiger partial charge in [0.25, 0.3) is 0 Å². The van der Waals surface area contributed by atoms with Crippen LogP contribution >= 0.6 is 11.3 Å². The Kier molecular flexibility index (Phi) is 5.91. The number of methoxy groups -OCH3 is 1. The van der Waals surface area contributed by atoms with E-state index in [0.717, 1.165) is 23.7 Å². The zero-order valence-electron chi connectivity index (χ0n) is 13.2. The minimum atomic E-state index is 0.200. The van der Waals surface area contributed by atoms with E-state index in [0.29, 0.717) is 6.04 Å². The summed E-state index contributed by atoms with van der Waals surface area (Å²) in [6, 6.07) is 10.9. The van der Waals surface area contributed by atoms with Crippen LogP contribution in [0.15, 0.2) is 30.3 Å². The van der Waals surface area contributed by atoms with Crippen molar-refractivity contribution in [1.82, 2.24) is 10.3 Å². The molecule has 4 heteroatoms. The molecular weight excluding hydrogens is 280 g/mol. The lowest BCUT2D eigenvalue weighted by Crippen LogP contribution is -2.21. The van der Waals surface area contributed by atoms with Gasteiger partial charge in [-0.3, -0.25) is 0 Å². The highest BCUT2D eigenvalue weighted by Crippen LogP contribution is 2.29. The number of thiazole rings is 1. The fraction of sp³-hybridized carbons (Fsp3) is 0.471. The van der Waals surface area contributed by atoms with E-state index in [1.807, 2.05) is 6.07 Å². The smallest absolute Gasteiger partial charge is 0.0961 e. The van der Waals surface area contributed by atoms with Gasteiger partial charge in [-0.1, -0.05) is 44.2 Å². The first kappa shape index (κ1) is 16.1. The summed E-state index contributed by atoms with van der Waals surface area (Å²) in [5.74, 6) is 0. The molecule has 0 aliphatic rings. The van der Waals surface area contributed by atoms with Crippen molar-refractivity contribution < 1.29 is 4.74 Å². The SMILES string of the molecule is COC(C)Cc1nc(-c2ccccc2)c(CNC(C)C)s1. The van der Waals surface area contributed by atoms with Gasteiger partial charge in [-0.15, -0.1) is 11.3 Å². The maximum absolute atomic E-state index is 5.36. The molecule has 0 fully saturated rings. The molecule has 1 atom stereocenters. The van der Waals surface area contributed by atoms with E-state index in [-0.39, 0.29) is 6.10 Å². The third-order valence-electron chi connectivity index (χ3n) is 3.32. The minimum Gasteiger partial charge on any atom is -0.381 e. The van der Waals surface area contributed by atoms with Crippen molar-refractivity contribution in [2.75, 3.05) is 7.11 Å². The third-order valence-corrected chi connectivity index (χ3v) is 4.40. The lowest BCUT2D eigenvalue weighted by molar-refractivity contribution is 0.119. The minimum absolute atomic E-state index is 0.200. The summed E-state index contributed by atoms with van der Waals surface area (Å²) in [7, 11) is 1.75. The van der Waals surface area contributed by atoms with E-state index < -0.39 is 0 Å². The topological polar surface area (TPSA) is 34.1 Å². The van der Waals surface area contributed by atoms with E-state index in [4.69, 9.17) is 9.72 Å². The quantitative estimate of drug-likeness (QED) is 0.843. The number of nitrogens with one attached hydrogen (secondary N) is 1. The molecule has 1 aromatic heterocycles. The molecule has 3 nitrogen and oxygen atoms in total. The molecule has 0 aliphatic carbocycles. The van der Waals surface area contributed by atoms with Crippen LogP contribution in [0.3, 0.4) is 0 Å². The van der Waals surface area contributed by atoms with Gasteiger partial charge >= 0.3 is 0 Å². The van der Waals surface area contributed by atoms with Gasteiger partial charge in [0.05, 0.1) is 16.8 Å². The Morgan fingerprint density at radius 3 is 2.52 bits per heavy atom. The standard InChI is InChI=1S/C17H24N2OS/c1-12(2)18-11-15-17(14-8-6-5-7-9-14)19-16(21-15)10-13(3)20-4/h5-9,12-13,18H,10-11H2,1-4H3. The zero-order chi connectivity index (χ0) is 15.2. The molecule has 21 heavy (non-hydrogen) atoms. The van der Waals surface area contributed by atoms with Crippen LogP contribution in [0.4, 0.5) is 0 Å². The van der Waals surface area contributed by atoms with Crippen LogP contribution in [0.25, 0.3) is 11.3 Å². The molecule has 2 aromatic rings. The van der Waals surface area contributed by atoms with Gasteiger partial charge in [0.1, 0.15) is 0 Å². The average molecular weight is 304 g/mol. The highest BCUT2D eigenvalue weighted by molar-refractivity contribution is 7.12. The average Bonchev–Trinajstić information content (AvgIpc) is 2.88. The molecule has 2 rings (SSSR count). The summed E-state index contributed by atoms with van der Waals surface area (Å²) >= 11 is 1.79. The number of aromatic nitrogens is 1. The summed E-state index contributed by atoms with van der Waals surface area (Å²) in [5, 5.41) is 4.63. The van der Waals surface area contributed by atoms with Crippen molar-refractivity contribution in [3.8, 4) is 11.3 Å². The Balaban J connectivity index is 2.27. The highest BCUT2D eigenvalue weighted by Gasteiger charge is 2.15. The number of ether oxygens (including phenoxy) is 1. The fourth-order valence-corrected chi connectivity index (χ4v) is 3.21. The molecule has 0 radical (unpaired) electrons. The van der Waals surface area contributed by atoms with Crippen molar-refractivity contribution in [3.63, 3.8) is 0 Å². The zero-order valence-corrected chi connectivity index (χ0v) is 14.0. The molecule has 1 N–H and O–H groups in total. The summed E-state index contributed by atoms with van der Waals surface area (Å²) in [6.45, 7) is 7.27. The van der Waals surface area contributed by atoms with Crippen molar-refractivity contribution >= 4 is 11.3 Å². The van der Waals surface area contributed by atoms with Gasteiger partial charge < -0.3 is 10.1 Å². The van der Waals surface area contributed by atoms with Gasteiger partial charge in [0.15, 0.2) is 0 Å². The Morgan fingerprint density at radius 1 is 1.19 bits per heavy atom. The summed E-state index contributed by atoms with van der Waals surface area (Å²) in [4.78, 5) is 6.14. The molecular formula is C17H24N2OS. The van der Waals surface area contributed by atoms with E-state index in [1.165, 1.54) is 10.4 Å². The van der Waals surface area contributed by atoms with Crippen LogP contribution in [0.1, 0.15) is 30.7 Å². The summed E-state index contributed by atoms with van der Waals surface area (Å²) < 4.78 is 5.36. The molecule has 0 amide bonds. The van der Waals surface area contributed by atoms with Gasteiger partial charge in [-0.05, 0) is 6.92 Å². The predicted octanol–water partition coefficient (Wildman–Crippen LogP) is 3.89. The lowest BCUT2D eigenvalue weighted by Gasteiger charge is -2.07. The number of hydrogen-bond donors (Lipinski definition) is 1. The van der Waals surface area contributed by atoms with Crippen LogP contribution in [0.2, 0.25) is 0 Å². The second-order valence-electron chi connectivity index (χ2n) is 5.53. The molecule has 114 valence electrons. The molecule has 0 saturated carbocycles. The first-order valence-corrected chi connectivity index (χ1v) is 8.22. The summed E-state index contributed by atoms with van der Waals surface area (Å²) in [6.07, 6.45) is 1.06. The largest absolute Gasteiger partial charge is 0.381 e. The molecule has 0 saturated heterocycles. The van der Waals surface area contributed by atoms with Crippen molar-refractivity contribution in [1.29, 1.82) is 0 Å². The van der Waals surface area contributed by atoms with Gasteiger partial charge in [0.2, 0.25) is 0 Å². The van der Waals surface area contributed by atoms with Crippen LogP contribution in [0, 0.1) is 0 Å². The number of benzene rings is 1. The fourth-order valence-electron chi connectivity index (χ4n) is 2.06. The second-order valence-corrected chi connectivity index (χ2v) is 6.70. The Morgan fingerprint density at radius 2 is 1.90 bits per heavy atom. The normalized spacial score (nSPS) is 12.8. The van der Waals surface area contributed by atoms with Crippen LogP contribution in [0.5, 0.6) is 0 Å². The lowest BCUT2D eigenvalue weighted by atomic mass is 10.1. The van der Waals surface area contributed by atoms with Crippen LogP contribution < -0.4 is 5.32 Å². The van der Waals surface area contributed by atoms with Crippen LogP contribution in [-0.4, -0.2) is 24.2 Å². The van der Waals surface area contributed by atoms with E-state index in [1.54, 1.807) is 18.4 Å². The van der Waals surface area contributed by atoms with Crippen molar-refractivity contribution in [2.45, 2.75) is 45.9 Å². The highest BCUT2D eigenvalue weighted by atomic mass is 32.1. The number of hydrogen-bond acceptors (Lipinski definition) is 4. The molecule has 0 aliphatic heterocycles. The maximum atomic E-state index is 5.36. The molecule has 1 aromatic carbocycles. The third kappa shape index (κ3) is 4.63. The van der Waals surface area contributed by atoms with Gasteiger partial charge in [-0.25, -0.2) is 4.98 Å². The molecule has 1 heterocycles. The van der Waals surface area contributed by atoms with Crippen LogP contribution in [-0.2, 0) is 17.7 Å². The second kappa shape index (κ2) is 7.69. The Bertz CT molecular complexity index is 551. The van der Waals surface area contributed by atoms with E-state index in [9.17, 15) is 0 Å². The summed E-state index contributed by atoms with van der Waals surface area (Å²) in [5.41, 5.74) is 2.29. The maximum Gasteiger partial charge on any atom is 0.0961 e. The Labute approximate surface area is 131 Å². The monoisotopic (exact) mass is 304 g/mol. The van der Waals surface area contributed by atoms with Crippen molar-refractivity contribution in [2.24, 2.45) is 0 Å². The van der Waals surface area contributed by atoms with Gasteiger partial charge in [0, 0.05) is 36.6 Å². The molecule has 0 spiro atoms. The van der Waals surface area contributed by atoms with E-state index >= 15 is 0 Å². The first-order chi connectivity index (χ1) is 10.1.